The first-order valence-electron chi connectivity index (χ1n) is 12.6. The second-order valence-corrected chi connectivity index (χ2v) is 9.65. The maximum atomic E-state index is 13.1. The molecular weight excluding hydrogens is 570 g/mol. The summed E-state index contributed by atoms with van der Waals surface area (Å²) in [6, 6.07) is 24.7. The number of carbonyl (C=O) groups is 2. The molecule has 1 amide bonds. The Kier molecular flexibility index (Phi) is 9.14. The smallest absolute Gasteiger partial charge is 0.337 e. The van der Waals surface area contributed by atoms with Gasteiger partial charge < -0.3 is 14.7 Å². The lowest BCUT2D eigenvalue weighted by Crippen LogP contribution is -2.29. The van der Waals surface area contributed by atoms with Crippen LogP contribution in [0.1, 0.15) is 24.2 Å². The highest BCUT2D eigenvalue weighted by atomic mass is 79.9. The number of rotatable bonds is 9. The van der Waals surface area contributed by atoms with Crippen LogP contribution in [0.5, 0.6) is 0 Å². The summed E-state index contributed by atoms with van der Waals surface area (Å²) in [6.07, 6.45) is 7.21. The Balaban J connectivity index is 1.66. The topological polar surface area (TPSA) is 82.4 Å². The van der Waals surface area contributed by atoms with Crippen LogP contribution in [0, 0.1) is 0 Å². The highest BCUT2D eigenvalue weighted by Crippen LogP contribution is 2.30. The van der Waals surface area contributed by atoms with Crippen molar-refractivity contribution in [1.82, 2.24) is 4.90 Å². The Morgan fingerprint density at radius 1 is 1.05 bits per heavy atom. The fourth-order valence-corrected chi connectivity index (χ4v) is 4.42. The second-order valence-electron chi connectivity index (χ2n) is 8.73. The Morgan fingerprint density at radius 2 is 1.68 bits per heavy atom. The molecule has 40 heavy (non-hydrogen) atoms. The van der Waals surface area contributed by atoms with Gasteiger partial charge in [0.2, 0.25) is 0 Å². The number of likely N-dealkylation sites (N-methyl/N-ethyl adjacent to an activating group) is 1. The van der Waals surface area contributed by atoms with Crippen molar-refractivity contribution in [3.05, 3.63) is 137 Å². The number of ether oxygens (including phenoxy) is 1. The molecule has 7 nitrogen and oxygen atoms in total. The first-order chi connectivity index (χ1) is 19.3. The van der Waals surface area contributed by atoms with Gasteiger partial charge in [-0.2, -0.15) is 4.99 Å². The number of carboxylic acid groups (broad SMARTS) is 1. The number of halogens is 1. The molecule has 1 aliphatic heterocycles. The van der Waals surface area contributed by atoms with Crippen molar-refractivity contribution in [1.29, 1.82) is 0 Å². The molecule has 0 unspecified atom stereocenters. The average Bonchev–Trinajstić information content (AvgIpc) is 3.25. The third-order valence-electron chi connectivity index (χ3n) is 5.98. The minimum atomic E-state index is -1.13. The molecule has 0 bridgehead atoms. The molecule has 3 aromatic carbocycles. The van der Waals surface area contributed by atoms with Crippen LogP contribution < -0.4 is 4.90 Å². The van der Waals surface area contributed by atoms with E-state index < -0.39 is 5.97 Å². The van der Waals surface area contributed by atoms with Gasteiger partial charge in [0.05, 0.1) is 11.3 Å². The maximum Gasteiger partial charge on any atom is 0.337 e. The van der Waals surface area contributed by atoms with Crippen LogP contribution in [-0.4, -0.2) is 34.4 Å². The number of carboxylic acids is 1. The Bertz CT molecular complexity index is 1500. The highest BCUT2D eigenvalue weighted by molar-refractivity contribution is 9.10. The predicted molar refractivity (Wildman–Crippen MR) is 162 cm³/mol. The molecule has 4 rings (SSSR count). The van der Waals surface area contributed by atoms with Crippen molar-refractivity contribution in [2.24, 2.45) is 4.99 Å². The van der Waals surface area contributed by atoms with Crippen LogP contribution in [0.15, 0.2) is 136 Å². The van der Waals surface area contributed by atoms with E-state index in [1.54, 1.807) is 31.2 Å². The number of amidine groups is 1. The Hall–Kier alpha value is -4.69. The molecule has 0 aliphatic carbocycles. The number of benzene rings is 3. The molecule has 0 radical (unpaired) electrons. The minimum Gasteiger partial charge on any atom is -0.478 e. The summed E-state index contributed by atoms with van der Waals surface area (Å²) in [7, 11) is 0. The third kappa shape index (κ3) is 6.47. The number of amides is 1. The fourth-order valence-electron chi connectivity index (χ4n) is 4.06. The van der Waals surface area contributed by atoms with Crippen molar-refractivity contribution in [3.8, 4) is 0 Å². The molecule has 0 spiro atoms. The van der Waals surface area contributed by atoms with Gasteiger partial charge >= 0.3 is 12.0 Å². The number of carbonyl (C=O) groups excluding carboxylic acids is 1. The van der Waals surface area contributed by atoms with E-state index in [0.29, 0.717) is 11.0 Å². The average molecular weight is 598 g/mol. The number of hydrogen-bond donors (Lipinski definition) is 1. The molecule has 0 atom stereocenters. The van der Waals surface area contributed by atoms with Crippen molar-refractivity contribution < 1.29 is 19.4 Å². The van der Waals surface area contributed by atoms with Crippen LogP contribution in [0.4, 0.5) is 17.1 Å². The van der Waals surface area contributed by atoms with Crippen molar-refractivity contribution in [2.75, 3.05) is 11.4 Å². The van der Waals surface area contributed by atoms with E-state index in [1.807, 2.05) is 79.7 Å². The predicted octanol–water partition coefficient (Wildman–Crippen LogP) is 7.75. The van der Waals surface area contributed by atoms with Crippen molar-refractivity contribution in [2.45, 2.75) is 13.8 Å². The number of allylic oxidation sites excluding steroid dienone is 5. The number of hydrogen-bond acceptors (Lipinski definition) is 5. The Morgan fingerprint density at radius 3 is 2.23 bits per heavy atom. The number of anilines is 2. The standard InChI is InChI=1S/C32H28BrN3O4/c1-4-24(36(25-12-8-6-9-13-25)26-14-10-7-11-15-26)18-16-22(3)20-29-30(37)35(5-2)32(40-29)34-28-19-17-23(33)21-27(28)31(38)39/h4,6-21H,1,5H2,2-3H3,(H,38,39)/b22-16+,24-18+,29-20+,34-32?. The number of aliphatic imine (C=N–C) groups is 1. The number of para-hydroxylation sites is 2. The molecule has 1 fully saturated rings. The lowest BCUT2D eigenvalue weighted by molar-refractivity contribution is -0.122. The van der Waals surface area contributed by atoms with Gasteiger partial charge in [-0.05, 0) is 80.1 Å². The first-order valence-corrected chi connectivity index (χ1v) is 13.4. The zero-order valence-electron chi connectivity index (χ0n) is 22.1. The van der Waals surface area contributed by atoms with Crippen molar-refractivity contribution >= 4 is 50.9 Å². The van der Waals surface area contributed by atoms with Gasteiger partial charge in [0.15, 0.2) is 5.76 Å². The van der Waals surface area contributed by atoms with E-state index in [0.717, 1.165) is 22.6 Å². The van der Waals surface area contributed by atoms with Gasteiger partial charge in [0, 0.05) is 28.1 Å². The van der Waals surface area contributed by atoms with Crippen LogP contribution in [0.2, 0.25) is 0 Å². The van der Waals surface area contributed by atoms with Crippen LogP contribution in [0.3, 0.4) is 0 Å². The van der Waals surface area contributed by atoms with E-state index in [-0.39, 0.29) is 28.9 Å². The third-order valence-corrected chi connectivity index (χ3v) is 6.47. The van der Waals surface area contributed by atoms with Gasteiger partial charge in [0.25, 0.3) is 5.91 Å². The molecule has 1 saturated heterocycles. The van der Waals surface area contributed by atoms with Crippen LogP contribution in [-0.2, 0) is 9.53 Å². The molecule has 8 heteroatoms. The van der Waals surface area contributed by atoms with E-state index in [4.69, 9.17) is 4.74 Å². The summed E-state index contributed by atoms with van der Waals surface area (Å²) in [4.78, 5) is 32.6. The Labute approximate surface area is 241 Å². The highest BCUT2D eigenvalue weighted by Gasteiger charge is 2.34. The van der Waals surface area contributed by atoms with Gasteiger partial charge in [-0.15, -0.1) is 0 Å². The SMILES string of the molecule is C=C\C(=C/C=C(C)/C=C1/OC(=Nc2ccc(Br)cc2C(=O)O)N(CC)C1=O)N(c1ccccc1)c1ccccc1. The summed E-state index contributed by atoms with van der Waals surface area (Å²) >= 11 is 3.28. The zero-order chi connectivity index (χ0) is 28.6. The molecular formula is C32H28BrN3O4. The molecule has 1 N–H and O–H groups in total. The second kappa shape index (κ2) is 12.9. The van der Waals surface area contributed by atoms with E-state index >= 15 is 0 Å². The summed E-state index contributed by atoms with van der Waals surface area (Å²) in [5.74, 6) is -1.39. The monoisotopic (exact) mass is 597 g/mol. The molecule has 0 aromatic heterocycles. The van der Waals surface area contributed by atoms with Gasteiger partial charge in [-0.25, -0.2) is 4.79 Å². The summed E-state index contributed by atoms with van der Waals surface area (Å²) in [5.41, 5.74) is 3.73. The summed E-state index contributed by atoms with van der Waals surface area (Å²) in [6.45, 7) is 7.98. The fraction of sp³-hybridized carbons (Fsp3) is 0.0938. The zero-order valence-corrected chi connectivity index (χ0v) is 23.7. The van der Waals surface area contributed by atoms with Gasteiger partial charge in [0.1, 0.15) is 0 Å². The lowest BCUT2D eigenvalue weighted by atomic mass is 10.1. The molecule has 1 heterocycles. The van der Waals surface area contributed by atoms with Crippen LogP contribution in [0.25, 0.3) is 0 Å². The van der Waals surface area contributed by atoms with E-state index in [2.05, 4.69) is 32.4 Å². The number of nitrogens with zero attached hydrogens (tertiary/aromatic N) is 3. The molecule has 202 valence electrons. The normalized spacial score (nSPS) is 15.9. The maximum absolute atomic E-state index is 13.1. The number of aromatic carboxylic acids is 1. The van der Waals surface area contributed by atoms with Crippen molar-refractivity contribution in [3.63, 3.8) is 0 Å². The van der Waals surface area contributed by atoms with Gasteiger partial charge in [-0.3, -0.25) is 9.69 Å². The van der Waals surface area contributed by atoms with Crippen LogP contribution >= 0.6 is 15.9 Å². The summed E-state index contributed by atoms with van der Waals surface area (Å²) < 4.78 is 6.43. The molecule has 3 aromatic rings. The summed E-state index contributed by atoms with van der Waals surface area (Å²) in [5, 5.41) is 9.57. The van der Waals surface area contributed by atoms with Gasteiger partial charge in [-0.1, -0.05) is 65.0 Å². The largest absolute Gasteiger partial charge is 0.478 e. The molecule has 0 saturated carbocycles. The molecule has 1 aliphatic rings. The van der Waals surface area contributed by atoms with E-state index in [9.17, 15) is 14.7 Å². The first kappa shape index (κ1) is 28.3. The minimum absolute atomic E-state index is 0.00837. The lowest BCUT2D eigenvalue weighted by Gasteiger charge is -2.26. The quantitative estimate of drug-likeness (QED) is 0.201. The van der Waals surface area contributed by atoms with E-state index in [1.165, 1.54) is 11.0 Å².